The molecule has 2 aromatic rings. The molecule has 106 valence electrons. The van der Waals surface area contributed by atoms with Gasteiger partial charge in [-0.05, 0) is 30.9 Å². The number of halogens is 1. The van der Waals surface area contributed by atoms with Crippen molar-refractivity contribution in [3.63, 3.8) is 0 Å². The Bertz CT molecular complexity index is 647. The molecule has 4 heteroatoms. The summed E-state index contributed by atoms with van der Waals surface area (Å²) in [5.74, 6) is 0. The van der Waals surface area contributed by atoms with Gasteiger partial charge in [0.2, 0.25) is 0 Å². The number of nitrogens with zero attached hydrogens (tertiary/aromatic N) is 2. The first-order valence-electron chi connectivity index (χ1n) is 7.04. The lowest BCUT2D eigenvalue weighted by atomic mass is 9.78. The normalized spacial score (nSPS) is 21.2. The van der Waals surface area contributed by atoms with Crippen molar-refractivity contribution >= 4 is 11.6 Å². The van der Waals surface area contributed by atoms with E-state index in [1.54, 1.807) is 0 Å². The van der Waals surface area contributed by atoms with Crippen LogP contribution in [0.1, 0.15) is 28.9 Å². The van der Waals surface area contributed by atoms with Gasteiger partial charge in [0.25, 0.3) is 0 Å². The highest BCUT2D eigenvalue weighted by atomic mass is 35.5. The summed E-state index contributed by atoms with van der Waals surface area (Å²) in [5, 5.41) is 5.20. The first-order valence-corrected chi connectivity index (χ1v) is 7.41. The number of benzene rings is 1. The lowest BCUT2D eigenvalue weighted by molar-refractivity contribution is 0.419. The molecule has 3 nitrogen and oxygen atoms in total. The molecule has 1 unspecified atom stereocenters. The Morgan fingerprint density at radius 2 is 2.15 bits per heavy atom. The summed E-state index contributed by atoms with van der Waals surface area (Å²) in [4.78, 5) is 0. The number of rotatable bonds is 3. The third-order valence-corrected chi connectivity index (χ3v) is 5.11. The first-order chi connectivity index (χ1) is 9.57. The van der Waals surface area contributed by atoms with Crippen LogP contribution in [0.4, 0.5) is 0 Å². The minimum Gasteiger partial charge on any atom is -0.330 e. The summed E-state index contributed by atoms with van der Waals surface area (Å²) in [6.45, 7) is 2.59. The average Bonchev–Trinajstić information content (AvgIpc) is 2.93. The van der Waals surface area contributed by atoms with E-state index in [1.807, 2.05) is 18.7 Å². The zero-order chi connectivity index (χ0) is 14.3. The molecule has 0 aliphatic heterocycles. The van der Waals surface area contributed by atoms with Crippen LogP contribution in [-0.4, -0.2) is 16.3 Å². The second-order valence-corrected chi connectivity index (χ2v) is 6.17. The van der Waals surface area contributed by atoms with E-state index >= 15 is 0 Å². The molecule has 0 saturated heterocycles. The Kier molecular flexibility index (Phi) is 3.35. The molecule has 0 spiro atoms. The molecule has 1 aromatic heterocycles. The van der Waals surface area contributed by atoms with Gasteiger partial charge in [-0.2, -0.15) is 5.10 Å². The average molecular weight is 290 g/mol. The molecule has 2 N–H and O–H groups in total. The van der Waals surface area contributed by atoms with E-state index in [9.17, 15) is 0 Å². The first kappa shape index (κ1) is 13.7. The summed E-state index contributed by atoms with van der Waals surface area (Å²) in [7, 11) is 1.96. The van der Waals surface area contributed by atoms with Crippen molar-refractivity contribution in [2.45, 2.75) is 31.6 Å². The highest BCUT2D eigenvalue weighted by molar-refractivity contribution is 6.31. The maximum Gasteiger partial charge on any atom is 0.0847 e. The molecule has 1 aromatic carbocycles. The molecular weight excluding hydrogens is 270 g/mol. The van der Waals surface area contributed by atoms with Crippen molar-refractivity contribution in [2.24, 2.45) is 12.8 Å². The lowest BCUT2D eigenvalue weighted by Gasteiger charge is -2.29. The maximum atomic E-state index is 6.41. The van der Waals surface area contributed by atoms with Gasteiger partial charge in [-0.3, -0.25) is 4.68 Å². The van der Waals surface area contributed by atoms with E-state index in [0.717, 1.165) is 35.7 Å². The van der Waals surface area contributed by atoms with Crippen molar-refractivity contribution in [2.75, 3.05) is 6.54 Å². The fourth-order valence-electron chi connectivity index (χ4n) is 3.42. The smallest absolute Gasteiger partial charge is 0.0847 e. The van der Waals surface area contributed by atoms with Crippen LogP contribution in [0.15, 0.2) is 24.3 Å². The summed E-state index contributed by atoms with van der Waals surface area (Å²) in [5.41, 5.74) is 11.0. The largest absolute Gasteiger partial charge is 0.330 e. The second kappa shape index (κ2) is 4.90. The number of hydrogen-bond donors (Lipinski definition) is 1. The standard InChI is InChI=1S/C16H20ClN3/c1-11-15(17)14(20(2)19-11)9-16(10-18)8-7-12-5-3-4-6-13(12)16/h3-6H,7-10,18H2,1-2H3. The van der Waals surface area contributed by atoms with Crippen LogP contribution < -0.4 is 5.73 Å². The summed E-state index contributed by atoms with van der Waals surface area (Å²) in [6, 6.07) is 8.63. The minimum atomic E-state index is 0.000463. The van der Waals surface area contributed by atoms with Crippen molar-refractivity contribution in [3.8, 4) is 0 Å². The number of aromatic nitrogens is 2. The number of aryl methyl sites for hydroxylation is 3. The Hall–Kier alpha value is -1.32. The number of hydrogen-bond acceptors (Lipinski definition) is 2. The number of fused-ring (bicyclic) bond motifs is 1. The van der Waals surface area contributed by atoms with Crippen molar-refractivity contribution in [1.29, 1.82) is 0 Å². The molecule has 0 fully saturated rings. The minimum absolute atomic E-state index is 0.000463. The second-order valence-electron chi connectivity index (χ2n) is 5.79. The van der Waals surface area contributed by atoms with Crippen molar-refractivity contribution in [1.82, 2.24) is 9.78 Å². The van der Waals surface area contributed by atoms with Gasteiger partial charge in [0.05, 0.1) is 16.4 Å². The summed E-state index contributed by atoms with van der Waals surface area (Å²) in [6.07, 6.45) is 3.04. The highest BCUT2D eigenvalue weighted by Crippen LogP contribution is 2.41. The maximum absolute atomic E-state index is 6.41. The quantitative estimate of drug-likeness (QED) is 0.944. The Morgan fingerprint density at radius 1 is 1.40 bits per heavy atom. The molecule has 20 heavy (non-hydrogen) atoms. The van der Waals surface area contributed by atoms with Crippen LogP contribution in [-0.2, 0) is 25.3 Å². The zero-order valence-electron chi connectivity index (χ0n) is 12.0. The van der Waals surface area contributed by atoms with Gasteiger partial charge in [0.1, 0.15) is 0 Å². The van der Waals surface area contributed by atoms with E-state index in [2.05, 4.69) is 29.4 Å². The molecule has 1 aliphatic rings. The molecular formula is C16H20ClN3. The monoisotopic (exact) mass is 289 g/mol. The van der Waals surface area contributed by atoms with Gasteiger partial charge >= 0.3 is 0 Å². The van der Waals surface area contributed by atoms with Crippen LogP contribution >= 0.6 is 11.6 Å². The molecule has 3 rings (SSSR count). The van der Waals surface area contributed by atoms with Crippen LogP contribution in [0.2, 0.25) is 5.02 Å². The Labute approximate surface area is 124 Å². The topological polar surface area (TPSA) is 43.8 Å². The van der Waals surface area contributed by atoms with Crippen LogP contribution in [0.5, 0.6) is 0 Å². The van der Waals surface area contributed by atoms with Crippen LogP contribution in [0.3, 0.4) is 0 Å². The zero-order valence-corrected chi connectivity index (χ0v) is 12.7. The third kappa shape index (κ3) is 1.97. The van der Waals surface area contributed by atoms with Gasteiger partial charge in [0, 0.05) is 25.4 Å². The van der Waals surface area contributed by atoms with Gasteiger partial charge < -0.3 is 5.73 Å². The lowest BCUT2D eigenvalue weighted by Crippen LogP contribution is -2.36. The number of nitrogens with two attached hydrogens (primary N) is 1. The van der Waals surface area contributed by atoms with E-state index < -0.39 is 0 Å². The summed E-state index contributed by atoms with van der Waals surface area (Å²) >= 11 is 6.41. The van der Waals surface area contributed by atoms with Crippen LogP contribution in [0, 0.1) is 6.92 Å². The van der Waals surface area contributed by atoms with Crippen LogP contribution in [0.25, 0.3) is 0 Å². The summed E-state index contributed by atoms with van der Waals surface area (Å²) < 4.78 is 1.90. The Morgan fingerprint density at radius 3 is 2.80 bits per heavy atom. The fraction of sp³-hybridized carbons (Fsp3) is 0.438. The van der Waals surface area contributed by atoms with Crippen molar-refractivity contribution < 1.29 is 0 Å². The van der Waals surface area contributed by atoms with Gasteiger partial charge in [0.15, 0.2) is 0 Å². The predicted molar refractivity (Wildman–Crippen MR) is 82.2 cm³/mol. The molecule has 1 aliphatic carbocycles. The Balaban J connectivity index is 2.04. The molecule has 0 saturated carbocycles. The van der Waals surface area contributed by atoms with E-state index in [0.29, 0.717) is 6.54 Å². The van der Waals surface area contributed by atoms with Gasteiger partial charge in [-0.25, -0.2) is 0 Å². The predicted octanol–water partition coefficient (Wildman–Crippen LogP) is 2.77. The van der Waals surface area contributed by atoms with Gasteiger partial charge in [-0.1, -0.05) is 35.9 Å². The highest BCUT2D eigenvalue weighted by Gasteiger charge is 2.38. The third-order valence-electron chi connectivity index (χ3n) is 4.62. The van der Waals surface area contributed by atoms with E-state index in [4.69, 9.17) is 17.3 Å². The van der Waals surface area contributed by atoms with Crippen molar-refractivity contribution in [3.05, 3.63) is 51.8 Å². The molecule has 1 heterocycles. The van der Waals surface area contributed by atoms with Gasteiger partial charge in [-0.15, -0.1) is 0 Å². The SMILES string of the molecule is Cc1nn(C)c(CC2(CN)CCc3ccccc32)c1Cl. The van der Waals surface area contributed by atoms with E-state index in [-0.39, 0.29) is 5.41 Å². The molecule has 0 radical (unpaired) electrons. The fourth-order valence-corrected chi connectivity index (χ4v) is 3.65. The molecule has 0 amide bonds. The van der Waals surface area contributed by atoms with E-state index in [1.165, 1.54) is 11.1 Å². The molecule has 0 bridgehead atoms. The molecule has 1 atom stereocenters.